The minimum absolute atomic E-state index is 0.237. The topological polar surface area (TPSA) is 24.1 Å². The van der Waals surface area contributed by atoms with E-state index in [0.717, 1.165) is 15.7 Å². The fourth-order valence-electron chi connectivity index (χ4n) is 1.49. The maximum Gasteiger partial charge on any atom is 0.171 e. The molecule has 2 rings (SSSR count). The van der Waals surface area contributed by atoms with Crippen molar-refractivity contribution in [2.24, 2.45) is 0 Å². The first-order valence-corrected chi connectivity index (χ1v) is 6.88. The quantitative estimate of drug-likeness (QED) is 0.824. The standard InChI is InChI=1S/C14H12BrFN2S/c15-11-3-7-13(8-4-11)18-14(19)17-9-10-1-5-12(16)6-2-10/h1-8H,9H2,(H2,17,18,19). The zero-order valence-corrected chi connectivity index (χ0v) is 12.4. The minimum atomic E-state index is -0.237. The van der Waals surface area contributed by atoms with Crippen molar-refractivity contribution in [2.45, 2.75) is 6.54 Å². The van der Waals surface area contributed by atoms with E-state index in [9.17, 15) is 4.39 Å². The molecule has 0 heterocycles. The van der Waals surface area contributed by atoms with Gasteiger partial charge in [-0.1, -0.05) is 28.1 Å². The molecule has 0 saturated heterocycles. The Hall–Kier alpha value is -1.46. The van der Waals surface area contributed by atoms with Gasteiger partial charge in [-0.25, -0.2) is 4.39 Å². The van der Waals surface area contributed by atoms with E-state index in [0.29, 0.717) is 11.7 Å². The molecular formula is C14H12BrFN2S. The summed E-state index contributed by atoms with van der Waals surface area (Å²) in [5.74, 6) is -0.237. The summed E-state index contributed by atoms with van der Waals surface area (Å²) in [7, 11) is 0. The largest absolute Gasteiger partial charge is 0.358 e. The first kappa shape index (κ1) is 14.0. The van der Waals surface area contributed by atoms with Gasteiger partial charge in [-0.2, -0.15) is 0 Å². The Morgan fingerprint density at radius 1 is 1.05 bits per heavy atom. The van der Waals surface area contributed by atoms with Crippen LogP contribution in [0.2, 0.25) is 0 Å². The van der Waals surface area contributed by atoms with Crippen molar-refractivity contribution in [1.29, 1.82) is 0 Å². The maximum atomic E-state index is 12.7. The lowest BCUT2D eigenvalue weighted by molar-refractivity contribution is 0.627. The minimum Gasteiger partial charge on any atom is -0.358 e. The van der Waals surface area contributed by atoms with Crippen LogP contribution in [-0.2, 0) is 6.54 Å². The van der Waals surface area contributed by atoms with Crippen LogP contribution in [0.4, 0.5) is 10.1 Å². The average molecular weight is 339 g/mol. The summed E-state index contributed by atoms with van der Waals surface area (Å²) >= 11 is 8.56. The van der Waals surface area contributed by atoms with Crippen molar-refractivity contribution < 1.29 is 4.39 Å². The van der Waals surface area contributed by atoms with E-state index in [1.165, 1.54) is 12.1 Å². The molecule has 98 valence electrons. The number of hydrogen-bond donors (Lipinski definition) is 2. The van der Waals surface area contributed by atoms with Crippen LogP contribution in [0.15, 0.2) is 53.0 Å². The van der Waals surface area contributed by atoms with Crippen LogP contribution in [0.25, 0.3) is 0 Å². The van der Waals surface area contributed by atoms with E-state index >= 15 is 0 Å². The fourth-order valence-corrected chi connectivity index (χ4v) is 1.95. The number of thiocarbonyl (C=S) groups is 1. The predicted molar refractivity (Wildman–Crippen MR) is 83.6 cm³/mol. The SMILES string of the molecule is Fc1ccc(CNC(=S)Nc2ccc(Br)cc2)cc1. The van der Waals surface area contributed by atoms with Gasteiger partial charge >= 0.3 is 0 Å². The second-order valence-electron chi connectivity index (χ2n) is 3.94. The maximum absolute atomic E-state index is 12.7. The molecule has 0 amide bonds. The van der Waals surface area contributed by atoms with E-state index in [1.807, 2.05) is 24.3 Å². The summed E-state index contributed by atoms with van der Waals surface area (Å²) in [5, 5.41) is 6.68. The Kier molecular flexibility index (Phi) is 4.87. The molecule has 0 aliphatic heterocycles. The van der Waals surface area contributed by atoms with Gasteiger partial charge in [-0.3, -0.25) is 0 Å². The van der Waals surface area contributed by atoms with Crippen molar-refractivity contribution in [2.75, 3.05) is 5.32 Å². The predicted octanol–water partition coefficient (Wildman–Crippen LogP) is 4.07. The Morgan fingerprint density at radius 3 is 2.32 bits per heavy atom. The first-order valence-electron chi connectivity index (χ1n) is 5.68. The highest BCUT2D eigenvalue weighted by atomic mass is 79.9. The molecule has 2 nitrogen and oxygen atoms in total. The van der Waals surface area contributed by atoms with E-state index in [1.54, 1.807) is 12.1 Å². The Labute approximate surface area is 125 Å². The van der Waals surface area contributed by atoms with E-state index < -0.39 is 0 Å². The van der Waals surface area contributed by atoms with Gasteiger partial charge < -0.3 is 10.6 Å². The van der Waals surface area contributed by atoms with Crippen LogP contribution < -0.4 is 10.6 Å². The second kappa shape index (κ2) is 6.63. The number of halogens is 2. The third-order valence-electron chi connectivity index (χ3n) is 2.47. The molecule has 0 aliphatic rings. The lowest BCUT2D eigenvalue weighted by atomic mass is 10.2. The molecule has 0 spiro atoms. The lowest BCUT2D eigenvalue weighted by Gasteiger charge is -2.10. The van der Waals surface area contributed by atoms with Crippen LogP contribution in [0.1, 0.15) is 5.56 Å². The van der Waals surface area contributed by atoms with Gasteiger partial charge in [-0.15, -0.1) is 0 Å². The molecule has 0 aliphatic carbocycles. The monoisotopic (exact) mass is 338 g/mol. The third kappa shape index (κ3) is 4.61. The Balaban J connectivity index is 1.84. The molecule has 0 saturated carbocycles. The number of benzene rings is 2. The van der Waals surface area contributed by atoms with Gasteiger partial charge in [0.05, 0.1) is 0 Å². The van der Waals surface area contributed by atoms with Gasteiger partial charge in [0, 0.05) is 16.7 Å². The summed E-state index contributed by atoms with van der Waals surface area (Å²) in [4.78, 5) is 0. The fraction of sp³-hybridized carbons (Fsp3) is 0.0714. The molecule has 0 unspecified atom stereocenters. The number of anilines is 1. The molecule has 2 aromatic carbocycles. The molecule has 19 heavy (non-hydrogen) atoms. The van der Waals surface area contributed by atoms with Crippen LogP contribution in [0.5, 0.6) is 0 Å². The van der Waals surface area contributed by atoms with Crippen LogP contribution >= 0.6 is 28.1 Å². The zero-order chi connectivity index (χ0) is 13.7. The Bertz CT molecular complexity index is 555. The van der Waals surface area contributed by atoms with Gasteiger partial charge in [0.15, 0.2) is 5.11 Å². The summed E-state index contributed by atoms with van der Waals surface area (Å²) < 4.78 is 13.8. The summed E-state index contributed by atoms with van der Waals surface area (Å²) in [6.45, 7) is 0.558. The van der Waals surface area contributed by atoms with Gasteiger partial charge in [0.2, 0.25) is 0 Å². The normalized spacial score (nSPS) is 10.0. The van der Waals surface area contributed by atoms with Crippen molar-refractivity contribution in [1.82, 2.24) is 5.32 Å². The number of nitrogens with one attached hydrogen (secondary N) is 2. The van der Waals surface area contributed by atoms with Crippen molar-refractivity contribution in [3.8, 4) is 0 Å². The highest BCUT2D eigenvalue weighted by Crippen LogP contribution is 2.13. The van der Waals surface area contributed by atoms with Crippen LogP contribution in [0, 0.1) is 5.82 Å². The van der Waals surface area contributed by atoms with Crippen molar-refractivity contribution in [3.63, 3.8) is 0 Å². The van der Waals surface area contributed by atoms with Crippen molar-refractivity contribution in [3.05, 3.63) is 64.4 Å². The number of rotatable bonds is 3. The smallest absolute Gasteiger partial charge is 0.171 e. The zero-order valence-electron chi connectivity index (χ0n) is 9.99. The third-order valence-corrected chi connectivity index (χ3v) is 3.24. The molecule has 0 aromatic heterocycles. The molecule has 0 radical (unpaired) electrons. The molecule has 2 aromatic rings. The van der Waals surface area contributed by atoms with E-state index in [-0.39, 0.29) is 5.82 Å². The highest BCUT2D eigenvalue weighted by Gasteiger charge is 1.98. The molecular weight excluding hydrogens is 327 g/mol. The lowest BCUT2D eigenvalue weighted by Crippen LogP contribution is -2.27. The van der Waals surface area contributed by atoms with Crippen LogP contribution in [-0.4, -0.2) is 5.11 Å². The number of hydrogen-bond acceptors (Lipinski definition) is 1. The van der Waals surface area contributed by atoms with Crippen molar-refractivity contribution >= 4 is 38.9 Å². The molecule has 0 atom stereocenters. The first-order chi connectivity index (χ1) is 9.13. The summed E-state index contributed by atoms with van der Waals surface area (Å²) in [5.41, 5.74) is 1.89. The van der Waals surface area contributed by atoms with E-state index in [2.05, 4.69) is 26.6 Å². The molecule has 0 fully saturated rings. The summed E-state index contributed by atoms with van der Waals surface area (Å²) in [6.07, 6.45) is 0. The second-order valence-corrected chi connectivity index (χ2v) is 5.26. The van der Waals surface area contributed by atoms with Gasteiger partial charge in [0.1, 0.15) is 5.82 Å². The molecule has 5 heteroatoms. The van der Waals surface area contributed by atoms with Gasteiger partial charge in [0.25, 0.3) is 0 Å². The van der Waals surface area contributed by atoms with Crippen LogP contribution in [0.3, 0.4) is 0 Å². The van der Waals surface area contributed by atoms with E-state index in [4.69, 9.17) is 12.2 Å². The summed E-state index contributed by atoms with van der Waals surface area (Å²) in [6, 6.07) is 14.0. The molecule has 2 N–H and O–H groups in total. The average Bonchev–Trinajstić information content (AvgIpc) is 2.41. The Morgan fingerprint density at radius 2 is 1.68 bits per heavy atom. The highest BCUT2D eigenvalue weighted by molar-refractivity contribution is 9.10. The van der Waals surface area contributed by atoms with Gasteiger partial charge in [-0.05, 0) is 54.2 Å². The molecule has 0 bridgehead atoms.